The molecule has 1 aromatic heterocycles. The number of nitrogens with zero attached hydrogens (tertiary/aromatic N) is 3. The van der Waals surface area contributed by atoms with Gasteiger partial charge in [-0.15, -0.1) is 10.2 Å². The van der Waals surface area contributed by atoms with Gasteiger partial charge in [-0.1, -0.05) is 17.8 Å². The maximum Gasteiger partial charge on any atom is 0.234 e. The van der Waals surface area contributed by atoms with Gasteiger partial charge in [0, 0.05) is 17.9 Å². The average molecular weight is 441 g/mol. The molecule has 31 heavy (non-hydrogen) atoms. The van der Waals surface area contributed by atoms with Crippen LogP contribution < -0.4 is 5.32 Å². The lowest BCUT2D eigenvalue weighted by molar-refractivity contribution is -0.113. The van der Waals surface area contributed by atoms with Crippen LogP contribution in [0.5, 0.6) is 0 Å². The lowest BCUT2D eigenvalue weighted by atomic mass is 10.1. The number of hydrogen-bond donors (Lipinski definition) is 1. The number of nitrogens with one attached hydrogen (secondary N) is 1. The van der Waals surface area contributed by atoms with Crippen molar-refractivity contribution in [2.24, 2.45) is 0 Å². The molecule has 4 rings (SSSR count). The van der Waals surface area contributed by atoms with Gasteiger partial charge in [-0.2, -0.15) is 0 Å². The van der Waals surface area contributed by atoms with E-state index in [4.69, 9.17) is 4.74 Å². The van der Waals surface area contributed by atoms with Crippen molar-refractivity contribution in [1.29, 1.82) is 0 Å². The van der Waals surface area contributed by atoms with Crippen LogP contribution >= 0.6 is 11.8 Å². The third-order valence-corrected chi connectivity index (χ3v) is 6.03. The van der Waals surface area contributed by atoms with Crippen LogP contribution in [0.1, 0.15) is 24.0 Å². The van der Waals surface area contributed by atoms with Crippen molar-refractivity contribution < 1.29 is 13.9 Å². The predicted octanol–water partition coefficient (Wildman–Crippen LogP) is 4.61. The quantitative estimate of drug-likeness (QED) is 0.544. The van der Waals surface area contributed by atoms with Crippen LogP contribution in [0.2, 0.25) is 0 Å². The number of aryl methyl sites for hydroxylation is 2. The Morgan fingerprint density at radius 2 is 1.94 bits per heavy atom. The molecule has 1 N–H and O–H groups in total. The summed E-state index contributed by atoms with van der Waals surface area (Å²) in [5.74, 6) is 0.449. The minimum Gasteiger partial charge on any atom is -0.376 e. The Morgan fingerprint density at radius 1 is 1.19 bits per heavy atom. The highest BCUT2D eigenvalue weighted by atomic mass is 32.2. The van der Waals surface area contributed by atoms with Gasteiger partial charge in [0.15, 0.2) is 11.0 Å². The zero-order valence-corrected chi connectivity index (χ0v) is 18.4. The number of benzene rings is 2. The van der Waals surface area contributed by atoms with E-state index >= 15 is 0 Å². The minimum atomic E-state index is -0.299. The summed E-state index contributed by atoms with van der Waals surface area (Å²) in [7, 11) is 0. The molecule has 0 saturated carbocycles. The van der Waals surface area contributed by atoms with E-state index in [1.165, 1.54) is 23.9 Å². The van der Waals surface area contributed by atoms with E-state index in [9.17, 15) is 9.18 Å². The van der Waals surface area contributed by atoms with Gasteiger partial charge in [0.05, 0.1) is 18.4 Å². The molecule has 1 saturated heterocycles. The van der Waals surface area contributed by atoms with Crippen molar-refractivity contribution in [2.45, 2.75) is 44.5 Å². The van der Waals surface area contributed by atoms with Gasteiger partial charge in [0.2, 0.25) is 5.91 Å². The van der Waals surface area contributed by atoms with Gasteiger partial charge >= 0.3 is 0 Å². The highest BCUT2D eigenvalue weighted by Gasteiger charge is 2.22. The summed E-state index contributed by atoms with van der Waals surface area (Å²) in [5.41, 5.74) is 3.76. The average Bonchev–Trinajstić information content (AvgIpc) is 3.37. The molecule has 1 atom stereocenters. The Morgan fingerprint density at radius 3 is 2.61 bits per heavy atom. The van der Waals surface area contributed by atoms with Crippen molar-refractivity contribution in [3.63, 3.8) is 0 Å². The summed E-state index contributed by atoms with van der Waals surface area (Å²) in [6.45, 7) is 5.35. The zero-order valence-electron chi connectivity index (χ0n) is 17.6. The molecule has 1 aliphatic rings. The van der Waals surface area contributed by atoms with Gasteiger partial charge in [0.25, 0.3) is 0 Å². The Labute approximate surface area is 185 Å². The summed E-state index contributed by atoms with van der Waals surface area (Å²) in [5, 5.41) is 12.2. The summed E-state index contributed by atoms with van der Waals surface area (Å²) >= 11 is 1.33. The van der Waals surface area contributed by atoms with Gasteiger partial charge in [0.1, 0.15) is 5.82 Å². The maximum absolute atomic E-state index is 13.4. The molecule has 1 amide bonds. The molecule has 0 bridgehead atoms. The fraction of sp³-hybridized carbons (Fsp3) is 0.348. The first-order valence-electron chi connectivity index (χ1n) is 10.3. The minimum absolute atomic E-state index is 0.0821. The number of thioether (sulfide) groups is 1. The van der Waals surface area contributed by atoms with E-state index in [0.717, 1.165) is 41.8 Å². The van der Waals surface area contributed by atoms with E-state index in [1.807, 2.05) is 30.5 Å². The topological polar surface area (TPSA) is 69.0 Å². The van der Waals surface area contributed by atoms with Crippen molar-refractivity contribution in [3.8, 4) is 11.4 Å². The van der Waals surface area contributed by atoms with Crippen LogP contribution in [0, 0.1) is 19.7 Å². The van der Waals surface area contributed by atoms with Crippen LogP contribution in [0.4, 0.5) is 10.1 Å². The van der Waals surface area contributed by atoms with Crippen LogP contribution in [0.3, 0.4) is 0 Å². The Balaban J connectivity index is 1.50. The molecule has 0 spiro atoms. The summed E-state index contributed by atoms with van der Waals surface area (Å²) < 4.78 is 21.1. The molecule has 1 fully saturated rings. The van der Waals surface area contributed by atoms with Crippen LogP contribution in [0.15, 0.2) is 47.6 Å². The lowest BCUT2D eigenvalue weighted by Crippen LogP contribution is -2.18. The van der Waals surface area contributed by atoms with Gasteiger partial charge in [-0.25, -0.2) is 4.39 Å². The molecule has 2 heterocycles. The predicted molar refractivity (Wildman–Crippen MR) is 120 cm³/mol. The third-order valence-electron chi connectivity index (χ3n) is 5.07. The van der Waals surface area contributed by atoms with Gasteiger partial charge < -0.3 is 10.1 Å². The van der Waals surface area contributed by atoms with Gasteiger partial charge in [-0.05, 0) is 74.2 Å². The highest BCUT2D eigenvalue weighted by molar-refractivity contribution is 7.99. The molecule has 3 aromatic rings. The number of amides is 1. The van der Waals surface area contributed by atoms with Crippen LogP contribution in [0.25, 0.3) is 11.4 Å². The molecule has 0 aliphatic carbocycles. The maximum atomic E-state index is 13.4. The molecule has 162 valence electrons. The largest absolute Gasteiger partial charge is 0.376 e. The fourth-order valence-electron chi connectivity index (χ4n) is 3.74. The second-order valence-corrected chi connectivity index (χ2v) is 8.71. The summed E-state index contributed by atoms with van der Waals surface area (Å²) in [6.07, 6.45) is 2.08. The van der Waals surface area contributed by atoms with Crippen molar-refractivity contribution in [3.05, 3.63) is 59.4 Å². The summed E-state index contributed by atoms with van der Waals surface area (Å²) in [4.78, 5) is 12.5. The summed E-state index contributed by atoms with van der Waals surface area (Å²) in [6, 6.07) is 12.1. The number of anilines is 1. The zero-order chi connectivity index (χ0) is 21.8. The van der Waals surface area contributed by atoms with Crippen molar-refractivity contribution >= 4 is 23.4 Å². The molecular formula is C23H25FN4O2S. The second-order valence-electron chi connectivity index (χ2n) is 7.77. The first-order chi connectivity index (χ1) is 15.0. The van der Waals surface area contributed by atoms with E-state index in [0.29, 0.717) is 17.5 Å². The van der Waals surface area contributed by atoms with E-state index in [2.05, 4.69) is 21.6 Å². The molecule has 0 radical (unpaired) electrons. The third kappa shape index (κ3) is 5.51. The van der Waals surface area contributed by atoms with Crippen molar-refractivity contribution in [1.82, 2.24) is 14.8 Å². The molecule has 6 nitrogen and oxygen atoms in total. The number of halogens is 1. The normalized spacial score (nSPS) is 15.9. The smallest absolute Gasteiger partial charge is 0.234 e. The SMILES string of the molecule is Cc1cc(C)cc(NC(=O)CSc2nnc(-c3ccc(F)cc3)n2C[C@H]2CCCO2)c1. The number of carbonyl (C=O) groups excluding carboxylic acids is 1. The second kappa shape index (κ2) is 9.62. The molecule has 2 aromatic carbocycles. The Bertz CT molecular complexity index is 1040. The van der Waals surface area contributed by atoms with E-state index < -0.39 is 0 Å². The Hall–Kier alpha value is -2.71. The van der Waals surface area contributed by atoms with E-state index in [1.54, 1.807) is 12.1 Å². The molecule has 1 aliphatic heterocycles. The Kier molecular flexibility index (Phi) is 6.67. The van der Waals surface area contributed by atoms with Crippen LogP contribution in [-0.4, -0.2) is 39.1 Å². The fourth-order valence-corrected chi connectivity index (χ4v) is 4.49. The number of aromatic nitrogens is 3. The van der Waals surface area contributed by atoms with Crippen LogP contribution in [-0.2, 0) is 16.1 Å². The van der Waals surface area contributed by atoms with Gasteiger partial charge in [-0.3, -0.25) is 9.36 Å². The van der Waals surface area contributed by atoms with E-state index in [-0.39, 0.29) is 23.6 Å². The number of ether oxygens (including phenoxy) is 1. The molecule has 0 unspecified atom stereocenters. The molecular weight excluding hydrogens is 415 g/mol. The standard InChI is InChI=1S/C23H25FN4O2S/c1-15-10-16(2)12-19(11-15)25-21(29)14-31-23-27-26-22(17-5-7-18(24)8-6-17)28(23)13-20-4-3-9-30-20/h5-8,10-12,20H,3-4,9,13-14H2,1-2H3,(H,25,29)/t20-/m1/s1. The monoisotopic (exact) mass is 440 g/mol. The first-order valence-corrected chi connectivity index (χ1v) is 11.3. The lowest BCUT2D eigenvalue weighted by Gasteiger charge is -2.15. The van der Waals surface area contributed by atoms with Crippen molar-refractivity contribution in [2.75, 3.05) is 17.7 Å². The number of carbonyl (C=O) groups is 1. The molecule has 8 heteroatoms. The highest BCUT2D eigenvalue weighted by Crippen LogP contribution is 2.27. The number of rotatable bonds is 7. The number of hydrogen-bond acceptors (Lipinski definition) is 5. The first kappa shape index (κ1) is 21.5.